The number of benzene rings is 2. The van der Waals surface area contributed by atoms with Crippen molar-refractivity contribution in [3.8, 4) is 0 Å². The van der Waals surface area contributed by atoms with Gasteiger partial charge in [-0.15, -0.1) is 0 Å². The van der Waals surface area contributed by atoms with Gasteiger partial charge >= 0.3 is 0 Å². The van der Waals surface area contributed by atoms with E-state index in [0.717, 1.165) is 10.3 Å². The molecule has 3 rings (SSSR count). The smallest absolute Gasteiger partial charge is 0.252 e. The van der Waals surface area contributed by atoms with Gasteiger partial charge in [-0.05, 0) is 24.6 Å². The second kappa shape index (κ2) is 8.18. The molecule has 0 radical (unpaired) electrons. The normalized spacial score (nSPS) is 12.0. The average Bonchev–Trinajstić information content (AvgIpc) is 2.94. The Kier molecular flexibility index (Phi) is 5.73. The van der Waals surface area contributed by atoms with E-state index in [2.05, 4.69) is 4.99 Å². The number of carbonyl (C=O) groups is 1. The first kappa shape index (κ1) is 17.5. The van der Waals surface area contributed by atoms with E-state index in [1.165, 1.54) is 17.4 Å². The molecule has 3 aromatic rings. The van der Waals surface area contributed by atoms with Gasteiger partial charge in [-0.2, -0.15) is 4.99 Å². The molecule has 6 heteroatoms. The third-order valence-electron chi connectivity index (χ3n) is 3.73. The maximum atomic E-state index is 14.3. The SMILES string of the molecule is CCOCCn1c(=NC(=O)Cc2ccccc2)sc2cccc(F)c21. The number of para-hydroxylation sites is 1. The van der Waals surface area contributed by atoms with Crippen molar-refractivity contribution < 1.29 is 13.9 Å². The molecule has 0 fully saturated rings. The maximum Gasteiger partial charge on any atom is 0.252 e. The highest BCUT2D eigenvalue weighted by atomic mass is 32.1. The lowest BCUT2D eigenvalue weighted by atomic mass is 10.1. The van der Waals surface area contributed by atoms with Crippen LogP contribution in [0.15, 0.2) is 53.5 Å². The molecule has 2 aromatic carbocycles. The molecule has 0 N–H and O–H groups in total. The largest absolute Gasteiger partial charge is 0.380 e. The number of nitrogens with zero attached hydrogens (tertiary/aromatic N) is 2. The van der Waals surface area contributed by atoms with E-state index in [9.17, 15) is 9.18 Å². The van der Waals surface area contributed by atoms with Crippen LogP contribution in [0.2, 0.25) is 0 Å². The molecule has 4 nitrogen and oxygen atoms in total. The van der Waals surface area contributed by atoms with E-state index in [1.54, 1.807) is 10.6 Å². The molecule has 1 heterocycles. The first-order valence-electron chi connectivity index (χ1n) is 8.16. The minimum atomic E-state index is -0.317. The van der Waals surface area contributed by atoms with Gasteiger partial charge in [-0.3, -0.25) is 4.79 Å². The van der Waals surface area contributed by atoms with Crippen molar-refractivity contribution in [2.24, 2.45) is 4.99 Å². The molecule has 25 heavy (non-hydrogen) atoms. The van der Waals surface area contributed by atoms with Gasteiger partial charge in [0.25, 0.3) is 5.91 Å². The van der Waals surface area contributed by atoms with Gasteiger partial charge in [0.1, 0.15) is 5.82 Å². The molecule has 0 bridgehead atoms. The molecule has 0 saturated carbocycles. The third-order valence-corrected chi connectivity index (χ3v) is 4.78. The van der Waals surface area contributed by atoms with Crippen LogP contribution in [-0.4, -0.2) is 23.7 Å². The first-order chi connectivity index (χ1) is 12.2. The topological polar surface area (TPSA) is 43.6 Å². The highest BCUT2D eigenvalue weighted by Crippen LogP contribution is 2.20. The van der Waals surface area contributed by atoms with Crippen molar-refractivity contribution in [1.82, 2.24) is 4.57 Å². The van der Waals surface area contributed by atoms with Crippen molar-refractivity contribution in [3.05, 3.63) is 64.7 Å². The molecule has 1 aromatic heterocycles. The monoisotopic (exact) mass is 358 g/mol. The van der Waals surface area contributed by atoms with Crippen LogP contribution in [0.25, 0.3) is 10.2 Å². The molecule has 0 aliphatic heterocycles. The molecule has 130 valence electrons. The lowest BCUT2D eigenvalue weighted by Crippen LogP contribution is -2.20. The summed E-state index contributed by atoms with van der Waals surface area (Å²) in [5.74, 6) is -0.564. The van der Waals surface area contributed by atoms with Crippen molar-refractivity contribution in [2.45, 2.75) is 19.9 Å². The van der Waals surface area contributed by atoms with Gasteiger partial charge in [0.15, 0.2) is 4.80 Å². The number of fused-ring (bicyclic) bond motifs is 1. The molecule has 0 atom stereocenters. The van der Waals surface area contributed by atoms with Crippen LogP contribution >= 0.6 is 11.3 Å². The highest BCUT2D eigenvalue weighted by Gasteiger charge is 2.12. The Labute approximate surface area is 149 Å². The Bertz CT molecular complexity index is 931. The minimum Gasteiger partial charge on any atom is -0.380 e. The van der Waals surface area contributed by atoms with E-state index in [1.807, 2.05) is 43.3 Å². The Morgan fingerprint density at radius 1 is 1.20 bits per heavy atom. The fourth-order valence-corrected chi connectivity index (χ4v) is 3.68. The zero-order valence-corrected chi connectivity index (χ0v) is 14.8. The average molecular weight is 358 g/mol. The molecule has 0 aliphatic rings. The maximum absolute atomic E-state index is 14.3. The standard InChI is InChI=1S/C19H19FN2O2S/c1-2-24-12-11-22-18-15(20)9-6-10-16(18)25-19(22)21-17(23)13-14-7-4-3-5-8-14/h3-10H,2,11-13H2,1H3. The Morgan fingerprint density at radius 3 is 2.76 bits per heavy atom. The van der Waals surface area contributed by atoms with E-state index >= 15 is 0 Å². The second-order valence-corrected chi connectivity index (χ2v) is 6.50. The molecule has 0 saturated heterocycles. The van der Waals surface area contributed by atoms with Gasteiger partial charge in [-0.1, -0.05) is 47.7 Å². The van der Waals surface area contributed by atoms with Crippen LogP contribution in [0.4, 0.5) is 4.39 Å². The number of halogens is 1. The van der Waals surface area contributed by atoms with Gasteiger partial charge < -0.3 is 9.30 Å². The van der Waals surface area contributed by atoms with E-state index < -0.39 is 0 Å². The summed E-state index contributed by atoms with van der Waals surface area (Å²) in [5, 5.41) is 0. The summed E-state index contributed by atoms with van der Waals surface area (Å²) in [5.41, 5.74) is 1.38. The number of hydrogen-bond donors (Lipinski definition) is 0. The lowest BCUT2D eigenvalue weighted by molar-refractivity contribution is -0.117. The summed E-state index contributed by atoms with van der Waals surface area (Å²) in [6, 6.07) is 14.4. The van der Waals surface area contributed by atoms with Crippen molar-refractivity contribution in [1.29, 1.82) is 0 Å². The van der Waals surface area contributed by atoms with Gasteiger partial charge in [0.2, 0.25) is 0 Å². The lowest BCUT2D eigenvalue weighted by Gasteiger charge is -2.06. The Morgan fingerprint density at radius 2 is 2.00 bits per heavy atom. The van der Waals surface area contributed by atoms with E-state index in [0.29, 0.717) is 30.1 Å². The first-order valence-corrected chi connectivity index (χ1v) is 8.97. The number of carbonyl (C=O) groups excluding carboxylic acids is 1. The fraction of sp³-hybridized carbons (Fsp3) is 0.263. The summed E-state index contributed by atoms with van der Waals surface area (Å²) in [6.07, 6.45) is 0.225. The zero-order chi connectivity index (χ0) is 17.6. The number of thiazole rings is 1. The molecular formula is C19H19FN2O2S. The number of ether oxygens (including phenoxy) is 1. The predicted octanol–water partition coefficient (Wildman–Crippen LogP) is 3.55. The predicted molar refractivity (Wildman–Crippen MR) is 97.0 cm³/mol. The summed E-state index contributed by atoms with van der Waals surface area (Å²) in [6.45, 7) is 3.39. The van der Waals surface area contributed by atoms with Crippen LogP contribution in [0.1, 0.15) is 12.5 Å². The van der Waals surface area contributed by atoms with Gasteiger partial charge in [-0.25, -0.2) is 4.39 Å². The fourth-order valence-electron chi connectivity index (χ4n) is 2.60. The van der Waals surface area contributed by atoms with Crippen LogP contribution in [-0.2, 0) is 22.5 Å². The van der Waals surface area contributed by atoms with E-state index in [4.69, 9.17) is 4.74 Å². The zero-order valence-electron chi connectivity index (χ0n) is 13.9. The molecule has 0 spiro atoms. The highest BCUT2D eigenvalue weighted by molar-refractivity contribution is 7.16. The number of rotatable bonds is 6. The Hall–Kier alpha value is -2.31. The molecular weight excluding hydrogens is 339 g/mol. The summed E-state index contributed by atoms with van der Waals surface area (Å²) in [7, 11) is 0. The number of amides is 1. The second-order valence-electron chi connectivity index (χ2n) is 5.49. The van der Waals surface area contributed by atoms with Crippen LogP contribution < -0.4 is 4.80 Å². The van der Waals surface area contributed by atoms with E-state index in [-0.39, 0.29) is 18.1 Å². The molecule has 1 amide bonds. The minimum absolute atomic E-state index is 0.225. The molecule has 0 aliphatic carbocycles. The van der Waals surface area contributed by atoms with Crippen molar-refractivity contribution in [2.75, 3.05) is 13.2 Å². The Balaban J connectivity index is 1.97. The van der Waals surface area contributed by atoms with Crippen molar-refractivity contribution >= 4 is 27.5 Å². The van der Waals surface area contributed by atoms with Gasteiger partial charge in [0, 0.05) is 13.2 Å². The number of hydrogen-bond acceptors (Lipinski definition) is 3. The third kappa shape index (κ3) is 4.21. The quantitative estimate of drug-likeness (QED) is 0.633. The van der Waals surface area contributed by atoms with Crippen molar-refractivity contribution in [3.63, 3.8) is 0 Å². The summed E-state index contributed by atoms with van der Waals surface area (Å²) in [4.78, 5) is 17.1. The summed E-state index contributed by atoms with van der Waals surface area (Å²) < 4.78 is 22.2. The van der Waals surface area contributed by atoms with Crippen LogP contribution in [0.5, 0.6) is 0 Å². The van der Waals surface area contributed by atoms with Crippen LogP contribution in [0.3, 0.4) is 0 Å². The molecule has 0 unspecified atom stereocenters. The summed E-state index contributed by atoms with van der Waals surface area (Å²) >= 11 is 1.31. The van der Waals surface area contributed by atoms with Crippen LogP contribution in [0, 0.1) is 5.82 Å². The number of aromatic nitrogens is 1. The van der Waals surface area contributed by atoms with Gasteiger partial charge in [0.05, 0.1) is 23.2 Å².